The van der Waals surface area contributed by atoms with E-state index in [2.05, 4.69) is 10.2 Å². The molecule has 1 aromatic carbocycles. The Morgan fingerprint density at radius 3 is 2.83 bits per heavy atom. The van der Waals surface area contributed by atoms with Gasteiger partial charge in [-0.1, -0.05) is 11.3 Å². The largest absolute Gasteiger partial charge is 0.330 e. The summed E-state index contributed by atoms with van der Waals surface area (Å²) < 4.78 is 0. The smallest absolute Gasteiger partial charge is 0.269 e. The van der Waals surface area contributed by atoms with Crippen LogP contribution in [-0.2, 0) is 6.42 Å². The van der Waals surface area contributed by atoms with Crippen molar-refractivity contribution in [2.45, 2.75) is 13.3 Å². The fourth-order valence-electron chi connectivity index (χ4n) is 1.59. The van der Waals surface area contributed by atoms with E-state index in [4.69, 9.17) is 5.73 Å². The summed E-state index contributed by atoms with van der Waals surface area (Å²) in [6.45, 7) is 2.36. The van der Waals surface area contributed by atoms with Gasteiger partial charge < -0.3 is 5.73 Å². The number of nitrogens with zero attached hydrogens (tertiary/aromatic N) is 3. The molecule has 0 unspecified atom stereocenters. The molecule has 18 heavy (non-hydrogen) atoms. The molecule has 0 amide bonds. The maximum Gasteiger partial charge on any atom is 0.269 e. The SMILES string of the molecule is Cc1cc([N+](=O)[O-])ccc1-c1nnc(CCN)s1. The van der Waals surface area contributed by atoms with Crippen molar-refractivity contribution in [3.63, 3.8) is 0 Å². The van der Waals surface area contributed by atoms with Crippen LogP contribution in [0.4, 0.5) is 5.69 Å². The molecule has 2 N–H and O–H groups in total. The van der Waals surface area contributed by atoms with Crippen LogP contribution in [0, 0.1) is 17.0 Å². The molecule has 0 saturated carbocycles. The van der Waals surface area contributed by atoms with Crippen molar-refractivity contribution in [3.8, 4) is 10.6 Å². The lowest BCUT2D eigenvalue weighted by Crippen LogP contribution is -2.01. The van der Waals surface area contributed by atoms with Crippen molar-refractivity contribution in [2.24, 2.45) is 5.73 Å². The number of nitrogens with two attached hydrogens (primary N) is 1. The lowest BCUT2D eigenvalue weighted by molar-refractivity contribution is -0.384. The van der Waals surface area contributed by atoms with Gasteiger partial charge in [0.2, 0.25) is 0 Å². The molecule has 1 aromatic heterocycles. The average molecular weight is 264 g/mol. The van der Waals surface area contributed by atoms with Crippen LogP contribution in [0.15, 0.2) is 18.2 Å². The van der Waals surface area contributed by atoms with Crippen LogP contribution in [0.1, 0.15) is 10.6 Å². The number of benzene rings is 1. The van der Waals surface area contributed by atoms with Crippen LogP contribution in [0.5, 0.6) is 0 Å². The van der Waals surface area contributed by atoms with E-state index < -0.39 is 4.92 Å². The molecule has 0 radical (unpaired) electrons. The summed E-state index contributed by atoms with van der Waals surface area (Å²) in [5, 5.41) is 20.4. The highest BCUT2D eigenvalue weighted by molar-refractivity contribution is 7.14. The number of non-ortho nitro benzene ring substituents is 1. The summed E-state index contributed by atoms with van der Waals surface area (Å²) in [6.07, 6.45) is 0.698. The number of aryl methyl sites for hydroxylation is 1. The zero-order valence-corrected chi connectivity index (χ0v) is 10.6. The van der Waals surface area contributed by atoms with Crippen molar-refractivity contribution in [1.29, 1.82) is 0 Å². The third kappa shape index (κ3) is 2.52. The fraction of sp³-hybridized carbons (Fsp3) is 0.273. The number of nitro benzene ring substituents is 1. The molecule has 0 atom stereocenters. The summed E-state index contributed by atoms with van der Waals surface area (Å²) in [5.41, 5.74) is 7.24. The van der Waals surface area contributed by atoms with Crippen molar-refractivity contribution in [1.82, 2.24) is 10.2 Å². The van der Waals surface area contributed by atoms with E-state index in [9.17, 15) is 10.1 Å². The van der Waals surface area contributed by atoms with Gasteiger partial charge in [-0.05, 0) is 25.1 Å². The molecule has 2 aromatic rings. The molecule has 94 valence electrons. The van der Waals surface area contributed by atoms with Gasteiger partial charge in [-0.3, -0.25) is 10.1 Å². The van der Waals surface area contributed by atoms with Gasteiger partial charge in [-0.2, -0.15) is 0 Å². The third-order valence-corrected chi connectivity index (χ3v) is 3.49. The maximum absolute atomic E-state index is 10.7. The number of hydrogen-bond donors (Lipinski definition) is 1. The molecular formula is C11H12N4O2S. The molecule has 0 spiro atoms. The molecule has 0 fully saturated rings. The first-order valence-corrected chi connectivity index (χ1v) is 6.21. The van der Waals surface area contributed by atoms with Gasteiger partial charge >= 0.3 is 0 Å². The van der Waals surface area contributed by atoms with Crippen molar-refractivity contribution < 1.29 is 4.92 Å². The molecule has 0 saturated heterocycles. The Hall–Kier alpha value is -1.86. The average Bonchev–Trinajstić information content (AvgIpc) is 2.77. The van der Waals surface area contributed by atoms with Gasteiger partial charge in [0.15, 0.2) is 0 Å². The second-order valence-electron chi connectivity index (χ2n) is 3.80. The Morgan fingerprint density at radius 1 is 1.44 bits per heavy atom. The zero-order valence-electron chi connectivity index (χ0n) is 9.79. The summed E-state index contributed by atoms with van der Waals surface area (Å²) >= 11 is 1.47. The predicted octanol–water partition coefficient (Wildman–Crippen LogP) is 1.92. The Morgan fingerprint density at radius 2 is 2.22 bits per heavy atom. The molecule has 7 heteroatoms. The predicted molar refractivity (Wildman–Crippen MR) is 69.5 cm³/mol. The van der Waals surface area contributed by atoms with E-state index >= 15 is 0 Å². The van der Waals surface area contributed by atoms with Crippen LogP contribution >= 0.6 is 11.3 Å². The van der Waals surface area contributed by atoms with Crippen molar-refractivity contribution in [3.05, 3.63) is 38.9 Å². The number of aromatic nitrogens is 2. The van der Waals surface area contributed by atoms with Gasteiger partial charge in [-0.25, -0.2) is 0 Å². The first kappa shape index (κ1) is 12.6. The van der Waals surface area contributed by atoms with Crippen LogP contribution < -0.4 is 5.73 Å². The standard InChI is InChI=1S/C11H12N4O2S/c1-7-6-8(15(16)17)2-3-9(7)11-14-13-10(18-11)4-5-12/h2-3,6H,4-5,12H2,1H3. The summed E-state index contributed by atoms with van der Waals surface area (Å²) in [5.74, 6) is 0. The molecule has 1 heterocycles. The third-order valence-electron chi connectivity index (χ3n) is 2.48. The van der Waals surface area contributed by atoms with E-state index in [1.807, 2.05) is 6.92 Å². The normalized spacial score (nSPS) is 10.6. The Bertz CT molecular complexity index is 582. The highest BCUT2D eigenvalue weighted by atomic mass is 32.1. The summed E-state index contributed by atoms with van der Waals surface area (Å²) in [7, 11) is 0. The van der Waals surface area contributed by atoms with Crippen LogP contribution in [-0.4, -0.2) is 21.7 Å². The number of rotatable bonds is 4. The second-order valence-corrected chi connectivity index (χ2v) is 4.86. The van der Waals surface area contributed by atoms with Crippen molar-refractivity contribution in [2.75, 3.05) is 6.54 Å². The summed E-state index contributed by atoms with van der Waals surface area (Å²) in [6, 6.07) is 4.73. The monoisotopic (exact) mass is 264 g/mol. The number of hydrogen-bond acceptors (Lipinski definition) is 6. The Kier molecular flexibility index (Phi) is 3.63. The highest BCUT2D eigenvalue weighted by Gasteiger charge is 2.12. The van der Waals surface area contributed by atoms with E-state index in [1.54, 1.807) is 12.1 Å². The lowest BCUT2D eigenvalue weighted by atomic mass is 10.1. The van der Waals surface area contributed by atoms with Gasteiger partial charge in [0.25, 0.3) is 5.69 Å². The highest BCUT2D eigenvalue weighted by Crippen LogP contribution is 2.29. The molecule has 6 nitrogen and oxygen atoms in total. The quantitative estimate of drug-likeness (QED) is 0.672. The van der Waals surface area contributed by atoms with Crippen LogP contribution in [0.2, 0.25) is 0 Å². The molecule has 0 aliphatic carbocycles. The van der Waals surface area contributed by atoms with Gasteiger partial charge in [-0.15, -0.1) is 10.2 Å². The first-order valence-electron chi connectivity index (χ1n) is 5.39. The molecule has 0 aliphatic heterocycles. The minimum Gasteiger partial charge on any atom is -0.330 e. The van der Waals surface area contributed by atoms with E-state index in [1.165, 1.54) is 17.4 Å². The topological polar surface area (TPSA) is 94.9 Å². The van der Waals surface area contributed by atoms with Crippen LogP contribution in [0.3, 0.4) is 0 Å². The fourth-order valence-corrected chi connectivity index (χ4v) is 2.53. The van der Waals surface area contributed by atoms with Gasteiger partial charge in [0.1, 0.15) is 10.0 Å². The molecule has 2 rings (SSSR count). The Balaban J connectivity index is 2.35. The molecular weight excluding hydrogens is 252 g/mol. The molecule has 0 aliphatic rings. The first-order chi connectivity index (χ1) is 8.61. The zero-order chi connectivity index (χ0) is 13.1. The minimum absolute atomic E-state index is 0.0861. The van der Waals surface area contributed by atoms with E-state index in [-0.39, 0.29) is 5.69 Å². The van der Waals surface area contributed by atoms with E-state index in [0.29, 0.717) is 13.0 Å². The van der Waals surface area contributed by atoms with E-state index in [0.717, 1.165) is 21.1 Å². The van der Waals surface area contributed by atoms with Crippen LogP contribution in [0.25, 0.3) is 10.6 Å². The second kappa shape index (κ2) is 5.19. The maximum atomic E-state index is 10.7. The number of nitro groups is 1. The van der Waals surface area contributed by atoms with Crippen molar-refractivity contribution >= 4 is 17.0 Å². The Labute approximate surface area is 108 Å². The van der Waals surface area contributed by atoms with Gasteiger partial charge in [0, 0.05) is 24.1 Å². The van der Waals surface area contributed by atoms with Gasteiger partial charge in [0.05, 0.1) is 4.92 Å². The lowest BCUT2D eigenvalue weighted by Gasteiger charge is -2.00. The molecule has 0 bridgehead atoms. The minimum atomic E-state index is -0.406. The summed E-state index contributed by atoms with van der Waals surface area (Å²) in [4.78, 5) is 10.3.